The average molecular weight is 541 g/mol. The topological polar surface area (TPSA) is 75.1 Å². The molecule has 1 aromatic heterocycles. The van der Waals surface area contributed by atoms with Crippen LogP contribution >= 0.6 is 0 Å². The SMILES string of the molecule is COc1cc(C)c(S(=O)(=O)N2CCn3cccc3C2CC(=O)N2CCN(c3ccc(F)cc3)CC2)c(C)c1. The number of aromatic nitrogens is 1. The van der Waals surface area contributed by atoms with Gasteiger partial charge < -0.3 is 19.1 Å². The van der Waals surface area contributed by atoms with Gasteiger partial charge in [-0.2, -0.15) is 4.31 Å². The van der Waals surface area contributed by atoms with Crippen molar-refractivity contribution in [2.45, 2.75) is 37.8 Å². The van der Waals surface area contributed by atoms with Crippen LogP contribution in [0.4, 0.5) is 10.1 Å². The van der Waals surface area contributed by atoms with Crippen molar-refractivity contribution in [2.75, 3.05) is 44.7 Å². The molecule has 3 heterocycles. The molecule has 8 nitrogen and oxygen atoms in total. The first-order valence-electron chi connectivity index (χ1n) is 12.8. The molecule has 1 amide bonds. The summed E-state index contributed by atoms with van der Waals surface area (Å²) in [6.45, 7) is 6.66. The number of halogens is 1. The molecule has 1 fully saturated rings. The number of hydrogen-bond acceptors (Lipinski definition) is 5. The number of carbonyl (C=O) groups is 1. The van der Waals surface area contributed by atoms with Gasteiger partial charge in [0.1, 0.15) is 11.6 Å². The molecule has 3 aromatic rings. The number of sulfonamides is 1. The van der Waals surface area contributed by atoms with Crippen molar-refractivity contribution >= 4 is 21.6 Å². The van der Waals surface area contributed by atoms with Crippen molar-refractivity contribution in [3.8, 4) is 5.75 Å². The summed E-state index contributed by atoms with van der Waals surface area (Å²) in [4.78, 5) is 17.7. The number of benzene rings is 2. The Morgan fingerprint density at radius 2 is 1.63 bits per heavy atom. The largest absolute Gasteiger partial charge is 0.497 e. The second-order valence-corrected chi connectivity index (χ2v) is 11.7. The van der Waals surface area contributed by atoms with Crippen molar-refractivity contribution in [1.29, 1.82) is 0 Å². The summed E-state index contributed by atoms with van der Waals surface area (Å²) in [5, 5.41) is 0. The molecule has 1 unspecified atom stereocenters. The van der Waals surface area contributed by atoms with Gasteiger partial charge in [-0.1, -0.05) is 0 Å². The predicted molar refractivity (Wildman–Crippen MR) is 143 cm³/mol. The van der Waals surface area contributed by atoms with Crippen LogP contribution in [0.5, 0.6) is 5.75 Å². The average Bonchev–Trinajstić information content (AvgIpc) is 3.38. The van der Waals surface area contributed by atoms with Crippen molar-refractivity contribution in [3.05, 3.63) is 77.4 Å². The lowest BCUT2D eigenvalue weighted by Gasteiger charge is -2.39. The molecule has 2 aliphatic rings. The number of ether oxygens (including phenoxy) is 1. The van der Waals surface area contributed by atoms with Crippen LogP contribution in [-0.4, -0.2) is 67.9 Å². The Labute approximate surface area is 223 Å². The molecule has 38 heavy (non-hydrogen) atoms. The van der Waals surface area contributed by atoms with Crippen LogP contribution in [0.3, 0.4) is 0 Å². The van der Waals surface area contributed by atoms with Gasteiger partial charge >= 0.3 is 0 Å². The minimum Gasteiger partial charge on any atom is -0.497 e. The zero-order valence-corrected chi connectivity index (χ0v) is 22.7. The molecule has 5 rings (SSSR count). The van der Waals surface area contributed by atoms with Gasteiger partial charge in [-0.3, -0.25) is 4.79 Å². The zero-order valence-electron chi connectivity index (χ0n) is 21.9. The normalized spacial score (nSPS) is 18.4. The highest BCUT2D eigenvalue weighted by Gasteiger charge is 2.40. The highest BCUT2D eigenvalue weighted by molar-refractivity contribution is 7.89. The first-order chi connectivity index (χ1) is 18.2. The van der Waals surface area contributed by atoms with Crippen molar-refractivity contribution < 1.29 is 22.3 Å². The van der Waals surface area contributed by atoms with Crippen molar-refractivity contribution in [1.82, 2.24) is 13.8 Å². The lowest BCUT2D eigenvalue weighted by Crippen LogP contribution is -2.50. The molecule has 10 heteroatoms. The molecular formula is C28H33FN4O4S. The van der Waals surface area contributed by atoms with Gasteiger partial charge in [0, 0.05) is 63.3 Å². The van der Waals surface area contributed by atoms with Gasteiger partial charge in [0.2, 0.25) is 15.9 Å². The number of hydrogen-bond donors (Lipinski definition) is 0. The predicted octanol–water partition coefficient (Wildman–Crippen LogP) is 3.74. The van der Waals surface area contributed by atoms with E-state index in [0.717, 1.165) is 11.4 Å². The summed E-state index contributed by atoms with van der Waals surface area (Å²) < 4.78 is 50.3. The molecule has 1 saturated heterocycles. The van der Waals surface area contributed by atoms with Gasteiger partial charge in [0.15, 0.2) is 0 Å². The molecule has 0 aliphatic carbocycles. The zero-order chi connectivity index (χ0) is 27.0. The number of amides is 1. The molecule has 2 aromatic carbocycles. The van der Waals surface area contributed by atoms with E-state index in [-0.39, 0.29) is 29.6 Å². The smallest absolute Gasteiger partial charge is 0.244 e. The van der Waals surface area contributed by atoms with Crippen LogP contribution in [0.25, 0.3) is 0 Å². The monoisotopic (exact) mass is 540 g/mol. The van der Waals surface area contributed by atoms with Crippen molar-refractivity contribution in [3.63, 3.8) is 0 Å². The van der Waals surface area contributed by atoms with Crippen LogP contribution in [0.1, 0.15) is 29.3 Å². The van der Waals surface area contributed by atoms with Crippen LogP contribution in [-0.2, 0) is 21.4 Å². The maximum atomic E-state index is 14.1. The number of rotatable bonds is 6. The van der Waals surface area contributed by atoms with E-state index in [1.165, 1.54) is 16.4 Å². The van der Waals surface area contributed by atoms with Crippen LogP contribution in [0.15, 0.2) is 59.6 Å². The summed E-state index contributed by atoms with van der Waals surface area (Å²) in [6, 6.07) is 13.0. The second kappa shape index (κ2) is 10.4. The maximum Gasteiger partial charge on any atom is 0.244 e. The van der Waals surface area contributed by atoms with E-state index in [2.05, 4.69) is 4.90 Å². The minimum absolute atomic E-state index is 0.0635. The Balaban J connectivity index is 1.37. The lowest BCUT2D eigenvalue weighted by atomic mass is 10.1. The van der Waals surface area contributed by atoms with Gasteiger partial charge in [-0.25, -0.2) is 12.8 Å². The molecule has 0 saturated carbocycles. The number of nitrogens with zero attached hydrogens (tertiary/aromatic N) is 4. The molecule has 0 bridgehead atoms. The van der Waals surface area contributed by atoms with E-state index < -0.39 is 16.1 Å². The highest BCUT2D eigenvalue weighted by Crippen LogP contribution is 2.37. The van der Waals surface area contributed by atoms with Crippen molar-refractivity contribution in [2.24, 2.45) is 0 Å². The number of anilines is 1. The number of aryl methyl sites for hydroxylation is 2. The quantitative estimate of drug-likeness (QED) is 0.476. The summed E-state index contributed by atoms with van der Waals surface area (Å²) in [5.41, 5.74) is 2.97. The Bertz CT molecular complexity index is 1410. The molecule has 202 valence electrons. The molecule has 2 aliphatic heterocycles. The first-order valence-corrected chi connectivity index (χ1v) is 14.2. The number of piperazine rings is 1. The lowest BCUT2D eigenvalue weighted by molar-refractivity contribution is -0.132. The Morgan fingerprint density at radius 1 is 0.974 bits per heavy atom. The van der Waals surface area contributed by atoms with Gasteiger partial charge in [0.05, 0.1) is 18.0 Å². The molecular weight excluding hydrogens is 507 g/mol. The Kier molecular flexibility index (Phi) is 7.19. The standard InChI is InChI=1S/C28H33FN4O4S/c1-20-17-24(37-3)18-21(2)28(20)38(35,36)33-16-15-31-10-4-5-25(31)26(33)19-27(34)32-13-11-30(12-14-32)23-8-6-22(29)7-9-23/h4-10,17-18,26H,11-16,19H2,1-3H3. The highest BCUT2D eigenvalue weighted by atomic mass is 32.2. The third-order valence-corrected chi connectivity index (χ3v) is 9.76. The van der Waals surface area contributed by atoms with Crippen LogP contribution in [0.2, 0.25) is 0 Å². The second-order valence-electron chi connectivity index (χ2n) is 9.90. The van der Waals surface area contributed by atoms with E-state index in [1.54, 1.807) is 50.1 Å². The maximum absolute atomic E-state index is 14.1. The fourth-order valence-electron chi connectivity index (χ4n) is 5.65. The van der Waals surface area contributed by atoms with E-state index in [4.69, 9.17) is 4.74 Å². The number of carbonyl (C=O) groups excluding carboxylic acids is 1. The molecule has 0 radical (unpaired) electrons. The fourth-order valence-corrected chi connectivity index (χ4v) is 7.66. The van der Waals surface area contributed by atoms with E-state index in [9.17, 15) is 17.6 Å². The third-order valence-electron chi connectivity index (χ3n) is 7.54. The van der Waals surface area contributed by atoms with E-state index in [1.807, 2.05) is 22.9 Å². The van der Waals surface area contributed by atoms with E-state index >= 15 is 0 Å². The molecule has 1 atom stereocenters. The van der Waals surface area contributed by atoms with Gasteiger partial charge in [0.25, 0.3) is 0 Å². The first kappa shape index (κ1) is 26.2. The minimum atomic E-state index is -3.89. The van der Waals surface area contributed by atoms with Crippen LogP contribution in [0, 0.1) is 19.7 Å². The fraction of sp³-hybridized carbons (Fsp3) is 0.393. The summed E-state index contributed by atoms with van der Waals surface area (Å²) in [6.07, 6.45) is 2.00. The number of fused-ring (bicyclic) bond motifs is 1. The summed E-state index contributed by atoms with van der Waals surface area (Å²) >= 11 is 0. The Morgan fingerprint density at radius 3 is 2.26 bits per heavy atom. The summed E-state index contributed by atoms with van der Waals surface area (Å²) in [5.74, 6) is 0.254. The van der Waals surface area contributed by atoms with E-state index in [0.29, 0.717) is 49.6 Å². The summed E-state index contributed by atoms with van der Waals surface area (Å²) in [7, 11) is -2.33. The third kappa shape index (κ3) is 4.90. The van der Waals surface area contributed by atoms with Gasteiger partial charge in [-0.15, -0.1) is 0 Å². The van der Waals surface area contributed by atoms with Gasteiger partial charge in [-0.05, 0) is 73.5 Å². The van der Waals surface area contributed by atoms with Crippen LogP contribution < -0.4 is 9.64 Å². The molecule has 0 N–H and O–H groups in total. The Hall–Kier alpha value is -3.37. The molecule has 0 spiro atoms. The number of methoxy groups -OCH3 is 1.